The summed E-state index contributed by atoms with van der Waals surface area (Å²) in [6.07, 6.45) is 0. The highest BCUT2D eigenvalue weighted by atomic mass is 32.1. The van der Waals surface area contributed by atoms with Crippen molar-refractivity contribution in [1.29, 1.82) is 0 Å². The summed E-state index contributed by atoms with van der Waals surface area (Å²) in [5, 5.41) is 9.00. The molecule has 0 atom stereocenters. The van der Waals surface area contributed by atoms with Crippen LogP contribution < -0.4 is 10.9 Å². The first-order chi connectivity index (χ1) is 11.5. The second-order valence-electron chi connectivity index (χ2n) is 5.93. The summed E-state index contributed by atoms with van der Waals surface area (Å²) in [4.78, 5) is 17.8. The molecule has 120 valence electrons. The van der Waals surface area contributed by atoms with E-state index in [1.54, 1.807) is 0 Å². The number of hydrogen-bond donors (Lipinski definition) is 1. The number of benzene rings is 2. The van der Waals surface area contributed by atoms with Crippen molar-refractivity contribution in [3.8, 4) is 0 Å². The molecule has 0 aliphatic carbocycles. The summed E-state index contributed by atoms with van der Waals surface area (Å²) in [6.45, 7) is 6.05. The van der Waals surface area contributed by atoms with Crippen molar-refractivity contribution in [3.05, 3.63) is 63.4 Å². The van der Waals surface area contributed by atoms with E-state index in [4.69, 9.17) is 0 Å². The predicted molar refractivity (Wildman–Crippen MR) is 98.6 cm³/mol. The van der Waals surface area contributed by atoms with Gasteiger partial charge in [-0.2, -0.15) is 4.52 Å². The first kappa shape index (κ1) is 14.8. The van der Waals surface area contributed by atoms with E-state index in [9.17, 15) is 4.79 Å². The van der Waals surface area contributed by atoms with E-state index in [0.717, 1.165) is 22.4 Å². The van der Waals surface area contributed by atoms with Crippen molar-refractivity contribution >= 4 is 38.0 Å². The first-order valence-electron chi connectivity index (χ1n) is 7.66. The minimum atomic E-state index is -0.135. The number of hydrogen-bond acceptors (Lipinski definition) is 5. The summed E-state index contributed by atoms with van der Waals surface area (Å²) in [7, 11) is 0. The highest BCUT2D eigenvalue weighted by molar-refractivity contribution is 7.20. The van der Waals surface area contributed by atoms with Crippen LogP contribution in [0.25, 0.3) is 15.9 Å². The summed E-state index contributed by atoms with van der Waals surface area (Å²) in [5.41, 5.74) is 4.89. The smallest absolute Gasteiger partial charge is 0.283 e. The van der Waals surface area contributed by atoms with E-state index in [-0.39, 0.29) is 5.56 Å². The number of fused-ring (bicyclic) bond motifs is 2. The molecule has 1 N–H and O–H groups in total. The van der Waals surface area contributed by atoms with Crippen LogP contribution in [0.2, 0.25) is 0 Å². The van der Waals surface area contributed by atoms with Gasteiger partial charge in [0.05, 0.1) is 10.9 Å². The minimum Gasteiger partial charge on any atom is -0.330 e. The zero-order valence-corrected chi connectivity index (χ0v) is 14.4. The summed E-state index contributed by atoms with van der Waals surface area (Å²) >= 11 is 1.37. The summed E-state index contributed by atoms with van der Waals surface area (Å²) in [6, 6.07) is 11.8. The molecule has 0 radical (unpaired) electrons. The van der Waals surface area contributed by atoms with Gasteiger partial charge in [0, 0.05) is 5.69 Å². The fraction of sp³-hybridized carbons (Fsp3) is 0.167. The Bertz CT molecular complexity index is 1120. The van der Waals surface area contributed by atoms with Crippen molar-refractivity contribution in [2.24, 2.45) is 0 Å². The molecular weight excluding hydrogens is 320 g/mol. The Morgan fingerprint density at radius 1 is 1.08 bits per heavy atom. The van der Waals surface area contributed by atoms with Crippen LogP contribution in [0.1, 0.15) is 16.7 Å². The number of para-hydroxylation sites is 1. The van der Waals surface area contributed by atoms with Gasteiger partial charge in [-0.15, -0.1) is 5.10 Å². The molecule has 4 rings (SSSR count). The topological polar surface area (TPSA) is 59.3 Å². The standard InChI is InChI=1S/C18H16N4OS/c1-10-7-8-14-13(9-10)16(23)22-18(19-14)24-17(21-22)20-15-11(2)5-4-6-12(15)3/h4-9H,1-3H3,(H,20,21). The van der Waals surface area contributed by atoms with Crippen LogP contribution in [-0.2, 0) is 0 Å². The number of rotatable bonds is 2. The van der Waals surface area contributed by atoms with Crippen molar-refractivity contribution < 1.29 is 0 Å². The molecule has 0 bridgehead atoms. The second-order valence-corrected chi connectivity index (χ2v) is 6.89. The monoisotopic (exact) mass is 336 g/mol. The van der Waals surface area contributed by atoms with Gasteiger partial charge in [0.1, 0.15) is 0 Å². The Morgan fingerprint density at radius 3 is 2.58 bits per heavy atom. The zero-order chi connectivity index (χ0) is 16.8. The van der Waals surface area contributed by atoms with E-state index in [0.29, 0.717) is 21.0 Å². The molecule has 2 aromatic heterocycles. The summed E-state index contributed by atoms with van der Waals surface area (Å²) < 4.78 is 1.38. The van der Waals surface area contributed by atoms with Crippen LogP contribution in [0.4, 0.5) is 10.8 Å². The van der Waals surface area contributed by atoms with Crippen LogP contribution in [0.3, 0.4) is 0 Å². The maximum Gasteiger partial charge on any atom is 0.283 e. The van der Waals surface area contributed by atoms with Crippen LogP contribution in [0, 0.1) is 20.8 Å². The lowest BCUT2D eigenvalue weighted by molar-refractivity contribution is 0.919. The zero-order valence-electron chi connectivity index (χ0n) is 13.6. The third-order valence-electron chi connectivity index (χ3n) is 4.06. The molecule has 0 saturated heterocycles. The Labute approximate surface area is 142 Å². The van der Waals surface area contributed by atoms with Crippen molar-refractivity contribution in [1.82, 2.24) is 14.6 Å². The fourth-order valence-electron chi connectivity index (χ4n) is 2.79. The molecule has 0 amide bonds. The largest absolute Gasteiger partial charge is 0.330 e. The molecule has 0 aliphatic heterocycles. The number of aromatic nitrogens is 3. The molecule has 0 saturated carbocycles. The average Bonchev–Trinajstić information content (AvgIpc) is 2.95. The van der Waals surface area contributed by atoms with Gasteiger partial charge in [0.25, 0.3) is 5.56 Å². The Balaban J connectivity index is 1.88. The maximum absolute atomic E-state index is 12.7. The predicted octanol–water partition coefficient (Wildman–Crippen LogP) is 3.97. The summed E-state index contributed by atoms with van der Waals surface area (Å²) in [5.74, 6) is 0. The van der Waals surface area contributed by atoms with Gasteiger partial charge in [-0.25, -0.2) is 4.98 Å². The molecule has 0 unspecified atom stereocenters. The molecular formula is C18H16N4OS. The van der Waals surface area contributed by atoms with Crippen molar-refractivity contribution in [2.75, 3.05) is 5.32 Å². The van der Waals surface area contributed by atoms with E-state index < -0.39 is 0 Å². The van der Waals surface area contributed by atoms with Gasteiger partial charge >= 0.3 is 0 Å². The number of aryl methyl sites for hydroxylation is 3. The third kappa shape index (κ3) is 2.35. The van der Waals surface area contributed by atoms with E-state index in [1.165, 1.54) is 15.9 Å². The van der Waals surface area contributed by atoms with Gasteiger partial charge in [-0.1, -0.05) is 41.2 Å². The SMILES string of the molecule is Cc1ccc2nc3sc(Nc4c(C)cccc4C)nn3c(=O)c2c1. The number of nitrogens with zero attached hydrogens (tertiary/aromatic N) is 3. The molecule has 0 spiro atoms. The van der Waals surface area contributed by atoms with Crippen molar-refractivity contribution in [3.63, 3.8) is 0 Å². The van der Waals surface area contributed by atoms with E-state index >= 15 is 0 Å². The minimum absolute atomic E-state index is 0.135. The van der Waals surface area contributed by atoms with Gasteiger partial charge < -0.3 is 5.32 Å². The van der Waals surface area contributed by atoms with Gasteiger partial charge in [0.15, 0.2) is 0 Å². The molecule has 6 heteroatoms. The lowest BCUT2D eigenvalue weighted by atomic mass is 10.1. The molecule has 0 fully saturated rings. The fourth-order valence-corrected chi connectivity index (χ4v) is 3.59. The van der Waals surface area contributed by atoms with Gasteiger partial charge in [-0.05, 0) is 44.0 Å². The highest BCUT2D eigenvalue weighted by Crippen LogP contribution is 2.27. The van der Waals surface area contributed by atoms with Gasteiger partial charge in [-0.3, -0.25) is 4.79 Å². The first-order valence-corrected chi connectivity index (χ1v) is 8.48. The van der Waals surface area contributed by atoms with Crippen molar-refractivity contribution in [2.45, 2.75) is 20.8 Å². The van der Waals surface area contributed by atoms with E-state index in [1.807, 2.05) is 57.2 Å². The Morgan fingerprint density at radius 2 is 1.83 bits per heavy atom. The highest BCUT2D eigenvalue weighted by Gasteiger charge is 2.12. The number of nitrogens with one attached hydrogen (secondary N) is 1. The molecule has 0 aliphatic rings. The molecule has 2 heterocycles. The lowest BCUT2D eigenvalue weighted by Gasteiger charge is -2.09. The second kappa shape index (κ2) is 5.42. The molecule has 2 aromatic carbocycles. The lowest BCUT2D eigenvalue weighted by Crippen LogP contribution is -2.15. The quantitative estimate of drug-likeness (QED) is 0.602. The maximum atomic E-state index is 12.7. The molecule has 24 heavy (non-hydrogen) atoms. The Hall–Kier alpha value is -2.73. The Kier molecular flexibility index (Phi) is 3.35. The van der Waals surface area contributed by atoms with Crippen LogP contribution in [0.5, 0.6) is 0 Å². The van der Waals surface area contributed by atoms with Crippen LogP contribution in [0.15, 0.2) is 41.2 Å². The van der Waals surface area contributed by atoms with Gasteiger partial charge in [0.2, 0.25) is 10.1 Å². The van der Waals surface area contributed by atoms with E-state index in [2.05, 4.69) is 15.4 Å². The molecule has 4 aromatic rings. The normalized spacial score (nSPS) is 11.3. The molecule has 5 nitrogen and oxygen atoms in total. The van der Waals surface area contributed by atoms with Crippen LogP contribution >= 0.6 is 11.3 Å². The average molecular weight is 336 g/mol. The van der Waals surface area contributed by atoms with Crippen LogP contribution in [-0.4, -0.2) is 14.6 Å². The third-order valence-corrected chi connectivity index (χ3v) is 4.89. The number of anilines is 2.